The molecule has 2 aliphatic rings. The molecule has 3 heterocycles. The highest BCUT2D eigenvalue weighted by Crippen LogP contribution is 2.38. The van der Waals surface area contributed by atoms with Gasteiger partial charge in [0.25, 0.3) is 5.69 Å². The van der Waals surface area contributed by atoms with Crippen LogP contribution < -0.4 is 19.7 Å². The topological polar surface area (TPSA) is 129 Å². The van der Waals surface area contributed by atoms with Crippen LogP contribution in [0, 0.1) is 10.1 Å². The maximum Gasteiger partial charge on any atom is 0.336 e. The van der Waals surface area contributed by atoms with E-state index in [2.05, 4.69) is 10.2 Å². The largest absolute Gasteiger partial charge is 0.419 e. The van der Waals surface area contributed by atoms with Crippen molar-refractivity contribution in [3.05, 3.63) is 64.2 Å². The average Bonchev–Trinajstić information content (AvgIpc) is 3.17. The van der Waals surface area contributed by atoms with E-state index in [1.54, 1.807) is 24.3 Å². The van der Waals surface area contributed by atoms with Crippen molar-refractivity contribution >= 4 is 34.6 Å². The molecule has 2 aliphatic heterocycles. The minimum atomic E-state index is -0.700. The van der Waals surface area contributed by atoms with Gasteiger partial charge in [-0.3, -0.25) is 10.1 Å². The zero-order valence-corrected chi connectivity index (χ0v) is 17.4. The molecular formula is C22H19N5O6. The van der Waals surface area contributed by atoms with Crippen molar-refractivity contribution in [3.63, 3.8) is 0 Å². The fourth-order valence-electron chi connectivity index (χ4n) is 3.90. The molecule has 0 bridgehead atoms. The molecule has 0 amide bonds. The Labute approximate surface area is 187 Å². The Morgan fingerprint density at radius 1 is 1.00 bits per heavy atom. The Hall–Kier alpha value is -4.25. The third-order valence-electron chi connectivity index (χ3n) is 5.47. The van der Waals surface area contributed by atoms with E-state index in [0.29, 0.717) is 23.5 Å². The summed E-state index contributed by atoms with van der Waals surface area (Å²) in [4.78, 5) is 41.5. The number of hydrogen-bond acceptors (Lipinski definition) is 9. The van der Waals surface area contributed by atoms with Crippen LogP contribution in [0.15, 0.2) is 48.6 Å². The summed E-state index contributed by atoms with van der Waals surface area (Å²) in [7, 11) is 0. The zero-order valence-electron chi connectivity index (χ0n) is 17.4. The smallest absolute Gasteiger partial charge is 0.336 e. The fraction of sp³-hybridized carbons (Fsp3) is 0.227. The van der Waals surface area contributed by atoms with E-state index >= 15 is 0 Å². The lowest BCUT2D eigenvalue weighted by molar-refractivity contribution is -0.384. The van der Waals surface area contributed by atoms with Gasteiger partial charge in [-0.15, -0.1) is 0 Å². The quantitative estimate of drug-likeness (QED) is 0.274. The number of non-ortho nitro benzene ring substituents is 1. The van der Waals surface area contributed by atoms with Gasteiger partial charge in [0.15, 0.2) is 5.75 Å². The summed E-state index contributed by atoms with van der Waals surface area (Å²) in [6.07, 6.45) is 2.02. The van der Waals surface area contributed by atoms with E-state index in [0.717, 1.165) is 43.9 Å². The Morgan fingerprint density at radius 3 is 2.39 bits per heavy atom. The summed E-state index contributed by atoms with van der Waals surface area (Å²) in [6, 6.07) is 9.64. The molecule has 0 spiro atoms. The number of nitro groups is 1. The Balaban J connectivity index is 1.63. The summed E-state index contributed by atoms with van der Waals surface area (Å²) in [6.45, 7) is 3.42. The molecule has 33 heavy (non-hydrogen) atoms. The summed E-state index contributed by atoms with van der Waals surface area (Å²) in [5, 5.41) is 14.3. The van der Waals surface area contributed by atoms with Crippen LogP contribution in [0.3, 0.4) is 0 Å². The minimum Gasteiger partial charge on any atom is -0.419 e. The number of ether oxygens (including phenoxy) is 2. The van der Waals surface area contributed by atoms with Gasteiger partial charge in [-0.2, -0.15) is 0 Å². The number of aromatic nitrogens is 2. The second kappa shape index (κ2) is 8.36. The van der Waals surface area contributed by atoms with Crippen LogP contribution in [0.2, 0.25) is 0 Å². The molecule has 1 saturated heterocycles. The summed E-state index contributed by atoms with van der Waals surface area (Å²) in [5.74, 6) is -0.529. The third-order valence-corrected chi connectivity index (χ3v) is 5.47. The molecule has 1 fully saturated rings. The summed E-state index contributed by atoms with van der Waals surface area (Å²) >= 11 is 0. The van der Waals surface area contributed by atoms with Gasteiger partial charge in [0.2, 0.25) is 11.7 Å². The molecule has 0 aliphatic carbocycles. The second-order valence-electron chi connectivity index (χ2n) is 7.59. The van der Waals surface area contributed by atoms with Crippen LogP contribution in [-0.2, 0) is 16.1 Å². The number of nitrogens with one attached hydrogen (secondary N) is 1. The lowest BCUT2D eigenvalue weighted by Crippen LogP contribution is -2.44. The molecule has 1 N–H and O–H groups in total. The molecule has 3 aromatic rings. The van der Waals surface area contributed by atoms with E-state index in [1.165, 1.54) is 12.1 Å². The molecule has 11 heteroatoms. The number of carbonyl (C=O) groups is 2. The van der Waals surface area contributed by atoms with Crippen molar-refractivity contribution in [2.45, 2.75) is 6.54 Å². The van der Waals surface area contributed by atoms with Crippen molar-refractivity contribution in [3.8, 4) is 11.5 Å². The molecule has 2 aromatic carbocycles. The van der Waals surface area contributed by atoms with Crippen molar-refractivity contribution in [2.24, 2.45) is 0 Å². The second-order valence-corrected chi connectivity index (χ2v) is 7.59. The number of hydrogen-bond donors (Lipinski definition) is 1. The molecule has 0 atom stereocenters. The molecule has 0 saturated carbocycles. The number of nitro benzene ring substituents is 1. The summed E-state index contributed by atoms with van der Waals surface area (Å²) in [5.41, 5.74) is 1.92. The van der Waals surface area contributed by atoms with Crippen LogP contribution in [0.4, 0.5) is 11.6 Å². The molecular weight excluding hydrogens is 430 g/mol. The van der Waals surface area contributed by atoms with Gasteiger partial charge in [-0.05, 0) is 17.7 Å². The minimum absolute atomic E-state index is 0.0136. The predicted molar refractivity (Wildman–Crippen MR) is 117 cm³/mol. The number of imidazole rings is 1. The highest BCUT2D eigenvalue weighted by Gasteiger charge is 2.26. The monoisotopic (exact) mass is 449 g/mol. The first-order chi connectivity index (χ1) is 16.0. The lowest BCUT2D eigenvalue weighted by Gasteiger charge is -2.29. The van der Waals surface area contributed by atoms with E-state index in [4.69, 9.17) is 14.5 Å². The number of anilines is 1. The standard InChI is InChI=1S/C22H19N5O6/c28-18-7-8-19(29)33-21-17(32-18)6-5-16-20(21)24-22(25-11-9-23-10-12-25)26(16)13-14-1-3-15(4-2-14)27(30)31/h1-8,23H,9-13H2/b8-7+. The van der Waals surface area contributed by atoms with E-state index in [-0.39, 0.29) is 17.2 Å². The van der Waals surface area contributed by atoms with Gasteiger partial charge in [0, 0.05) is 50.5 Å². The number of carbonyl (C=O) groups excluding carboxylic acids is 2. The highest BCUT2D eigenvalue weighted by molar-refractivity contribution is 5.98. The molecule has 5 rings (SSSR count). The first-order valence-electron chi connectivity index (χ1n) is 10.3. The predicted octanol–water partition coefficient (Wildman–Crippen LogP) is 1.78. The van der Waals surface area contributed by atoms with E-state index < -0.39 is 16.9 Å². The van der Waals surface area contributed by atoms with Gasteiger partial charge in [0.1, 0.15) is 5.52 Å². The van der Waals surface area contributed by atoms with Crippen molar-refractivity contribution in [2.75, 3.05) is 31.1 Å². The number of fused-ring (bicyclic) bond motifs is 3. The number of rotatable bonds is 4. The first kappa shape index (κ1) is 20.6. The van der Waals surface area contributed by atoms with Gasteiger partial charge < -0.3 is 24.3 Å². The van der Waals surface area contributed by atoms with Crippen LogP contribution in [0.25, 0.3) is 11.0 Å². The third kappa shape index (κ3) is 4.01. The lowest BCUT2D eigenvalue weighted by atomic mass is 10.2. The van der Waals surface area contributed by atoms with E-state index in [9.17, 15) is 19.7 Å². The van der Waals surface area contributed by atoms with Crippen molar-refractivity contribution in [1.82, 2.24) is 14.9 Å². The number of nitrogens with zero attached hydrogens (tertiary/aromatic N) is 4. The number of piperazine rings is 1. The molecule has 11 nitrogen and oxygen atoms in total. The maximum atomic E-state index is 12.1. The normalized spacial score (nSPS) is 17.0. The van der Waals surface area contributed by atoms with Crippen LogP contribution in [0.1, 0.15) is 5.56 Å². The maximum absolute atomic E-state index is 12.1. The molecule has 168 valence electrons. The van der Waals surface area contributed by atoms with Crippen LogP contribution >= 0.6 is 0 Å². The van der Waals surface area contributed by atoms with E-state index in [1.807, 2.05) is 4.57 Å². The Kier molecular flexibility index (Phi) is 5.23. The van der Waals surface area contributed by atoms with Gasteiger partial charge >= 0.3 is 11.9 Å². The average molecular weight is 449 g/mol. The van der Waals surface area contributed by atoms with Crippen LogP contribution in [-0.4, -0.2) is 52.6 Å². The first-order valence-corrected chi connectivity index (χ1v) is 10.3. The Bertz CT molecular complexity index is 1290. The summed E-state index contributed by atoms with van der Waals surface area (Å²) < 4.78 is 12.7. The molecule has 0 unspecified atom stereocenters. The number of esters is 2. The van der Waals surface area contributed by atoms with Gasteiger partial charge in [-0.25, -0.2) is 14.6 Å². The van der Waals surface area contributed by atoms with Gasteiger partial charge in [0.05, 0.1) is 17.0 Å². The fourth-order valence-corrected chi connectivity index (χ4v) is 3.90. The SMILES string of the molecule is O=C1/C=C/C(=O)Oc2c(ccc3c2nc(N2CCNCC2)n3Cc2ccc([N+](=O)[O-])cc2)O1. The highest BCUT2D eigenvalue weighted by atomic mass is 16.6. The molecule has 0 radical (unpaired) electrons. The van der Waals surface area contributed by atoms with Crippen molar-refractivity contribution in [1.29, 1.82) is 0 Å². The van der Waals surface area contributed by atoms with Crippen LogP contribution in [0.5, 0.6) is 11.5 Å². The van der Waals surface area contributed by atoms with Crippen molar-refractivity contribution < 1.29 is 24.0 Å². The zero-order chi connectivity index (χ0) is 22.9. The van der Waals surface area contributed by atoms with Gasteiger partial charge in [-0.1, -0.05) is 12.1 Å². The molecule has 1 aromatic heterocycles. The Morgan fingerprint density at radius 2 is 1.70 bits per heavy atom. The number of benzene rings is 2.